The van der Waals surface area contributed by atoms with Crippen molar-refractivity contribution in [2.24, 2.45) is 0 Å². The molecular weight excluding hydrogens is 386 g/mol. The fraction of sp³-hybridized carbons (Fsp3) is 0.450. The Bertz CT molecular complexity index is 980. The topological polar surface area (TPSA) is 91.0 Å². The Morgan fingerprint density at radius 3 is 2.69 bits per heavy atom. The average Bonchev–Trinajstić information content (AvgIpc) is 3.48. The third-order valence-corrected chi connectivity index (χ3v) is 5.94. The van der Waals surface area contributed by atoms with Crippen LogP contribution in [0.25, 0.3) is 11.0 Å². The number of aromatic nitrogens is 4. The molecule has 0 bridgehead atoms. The Morgan fingerprint density at radius 2 is 1.97 bits per heavy atom. The second kappa shape index (κ2) is 8.08. The number of hydrogen-bond acceptors (Lipinski definition) is 8. The first-order chi connectivity index (χ1) is 14.3. The number of thioether (sulfide) groups is 1. The molecule has 2 fully saturated rings. The van der Waals surface area contributed by atoms with Crippen LogP contribution in [0.4, 0.5) is 23.1 Å². The van der Waals surface area contributed by atoms with E-state index < -0.39 is 0 Å². The highest BCUT2D eigenvalue weighted by molar-refractivity contribution is 7.99. The predicted molar refractivity (Wildman–Crippen MR) is 117 cm³/mol. The lowest BCUT2D eigenvalue weighted by atomic mass is 10.2. The molecule has 1 saturated heterocycles. The number of H-pyrrole nitrogens is 1. The predicted octanol–water partition coefficient (Wildman–Crippen LogP) is 3.62. The van der Waals surface area contributed by atoms with Gasteiger partial charge in [-0.1, -0.05) is 6.92 Å². The molecule has 8 nitrogen and oxygen atoms in total. The van der Waals surface area contributed by atoms with Gasteiger partial charge in [-0.2, -0.15) is 15.1 Å². The second-order valence-electron chi connectivity index (χ2n) is 7.27. The molecule has 152 valence electrons. The minimum absolute atomic E-state index is 0.503. The van der Waals surface area contributed by atoms with Crippen molar-refractivity contribution in [2.75, 3.05) is 47.6 Å². The average molecular weight is 412 g/mol. The van der Waals surface area contributed by atoms with Gasteiger partial charge in [0, 0.05) is 30.5 Å². The van der Waals surface area contributed by atoms with Crippen molar-refractivity contribution < 1.29 is 4.74 Å². The van der Waals surface area contributed by atoms with Crippen LogP contribution in [0.2, 0.25) is 0 Å². The zero-order chi connectivity index (χ0) is 19.6. The minimum Gasteiger partial charge on any atom is -0.378 e. The maximum Gasteiger partial charge on any atom is 0.231 e. The second-order valence-corrected chi connectivity index (χ2v) is 8.52. The fourth-order valence-corrected chi connectivity index (χ4v) is 4.15. The van der Waals surface area contributed by atoms with Gasteiger partial charge in [0.15, 0.2) is 5.65 Å². The number of ether oxygens (including phenoxy) is 1. The van der Waals surface area contributed by atoms with E-state index in [0.29, 0.717) is 12.0 Å². The third-order valence-electron chi connectivity index (χ3n) is 5.09. The molecule has 0 unspecified atom stereocenters. The lowest BCUT2D eigenvalue weighted by Crippen LogP contribution is -2.36. The number of hydrogen-bond donors (Lipinski definition) is 3. The van der Waals surface area contributed by atoms with Crippen molar-refractivity contribution in [1.82, 2.24) is 20.2 Å². The number of benzene rings is 1. The maximum atomic E-state index is 5.43. The molecule has 1 saturated carbocycles. The first-order valence-electron chi connectivity index (χ1n) is 10.2. The van der Waals surface area contributed by atoms with Crippen LogP contribution in [0.1, 0.15) is 19.8 Å². The summed E-state index contributed by atoms with van der Waals surface area (Å²) in [6.07, 6.45) is 2.37. The summed E-state index contributed by atoms with van der Waals surface area (Å²) in [6.45, 7) is 5.55. The highest BCUT2D eigenvalue weighted by atomic mass is 32.2. The fourth-order valence-electron chi connectivity index (χ4n) is 3.43. The maximum absolute atomic E-state index is 5.43. The summed E-state index contributed by atoms with van der Waals surface area (Å²) in [7, 11) is 0. The van der Waals surface area contributed by atoms with Gasteiger partial charge in [-0.3, -0.25) is 5.10 Å². The molecule has 0 atom stereocenters. The Balaban J connectivity index is 1.39. The molecule has 0 spiro atoms. The van der Waals surface area contributed by atoms with E-state index in [1.54, 1.807) is 11.8 Å². The van der Waals surface area contributed by atoms with Gasteiger partial charge in [-0.05, 0) is 42.9 Å². The van der Waals surface area contributed by atoms with E-state index >= 15 is 0 Å². The van der Waals surface area contributed by atoms with E-state index in [0.717, 1.165) is 59.6 Å². The number of nitrogens with one attached hydrogen (secondary N) is 3. The van der Waals surface area contributed by atoms with Gasteiger partial charge < -0.3 is 20.3 Å². The highest BCUT2D eigenvalue weighted by Gasteiger charge is 2.24. The number of fused-ring (bicyclic) bond motifs is 1. The van der Waals surface area contributed by atoms with E-state index in [-0.39, 0.29) is 0 Å². The molecular formula is C20H25N7OS. The van der Waals surface area contributed by atoms with Gasteiger partial charge in [0.05, 0.1) is 18.6 Å². The van der Waals surface area contributed by atoms with Crippen molar-refractivity contribution in [3.8, 4) is 0 Å². The molecule has 1 aliphatic heterocycles. The number of anilines is 4. The summed E-state index contributed by atoms with van der Waals surface area (Å²) in [5.41, 5.74) is 2.93. The lowest BCUT2D eigenvalue weighted by molar-refractivity contribution is 0.122. The van der Waals surface area contributed by atoms with Crippen molar-refractivity contribution >= 4 is 45.9 Å². The van der Waals surface area contributed by atoms with Crippen LogP contribution in [-0.2, 0) is 4.74 Å². The zero-order valence-electron chi connectivity index (χ0n) is 16.4. The largest absolute Gasteiger partial charge is 0.378 e. The molecule has 1 aliphatic carbocycles. The van der Waals surface area contributed by atoms with Crippen molar-refractivity contribution in [3.05, 3.63) is 24.3 Å². The van der Waals surface area contributed by atoms with Crippen molar-refractivity contribution in [2.45, 2.75) is 30.8 Å². The summed E-state index contributed by atoms with van der Waals surface area (Å²) < 4.78 is 5.43. The summed E-state index contributed by atoms with van der Waals surface area (Å²) in [4.78, 5) is 11.8. The summed E-state index contributed by atoms with van der Waals surface area (Å²) >= 11 is 1.70. The molecule has 2 aromatic heterocycles. The van der Waals surface area contributed by atoms with Gasteiger partial charge in [0.25, 0.3) is 0 Å². The van der Waals surface area contributed by atoms with Crippen LogP contribution in [0.5, 0.6) is 0 Å². The van der Waals surface area contributed by atoms with Gasteiger partial charge in [0.1, 0.15) is 10.8 Å². The van der Waals surface area contributed by atoms with E-state index in [2.05, 4.69) is 61.9 Å². The molecule has 3 aromatic rings. The van der Waals surface area contributed by atoms with Gasteiger partial charge in [0.2, 0.25) is 5.95 Å². The van der Waals surface area contributed by atoms with Gasteiger partial charge in [-0.25, -0.2) is 0 Å². The summed E-state index contributed by atoms with van der Waals surface area (Å²) in [5.74, 6) is 2.38. The Hall–Kier alpha value is -2.52. The van der Waals surface area contributed by atoms with Crippen molar-refractivity contribution in [3.63, 3.8) is 0 Å². The molecule has 3 heterocycles. The van der Waals surface area contributed by atoms with Gasteiger partial charge >= 0.3 is 0 Å². The molecule has 9 heteroatoms. The SMILES string of the molecule is CCSc1n[nH]c2nc(Nc3ccc(N4CCOCC4)cc3)nc(NC3CC3)c12. The first kappa shape index (κ1) is 18.5. The molecule has 1 aromatic carbocycles. The third kappa shape index (κ3) is 4.11. The lowest BCUT2D eigenvalue weighted by Gasteiger charge is -2.28. The Labute approximate surface area is 173 Å². The monoisotopic (exact) mass is 411 g/mol. The van der Waals surface area contributed by atoms with Crippen LogP contribution >= 0.6 is 11.8 Å². The normalized spacial score (nSPS) is 16.9. The van der Waals surface area contributed by atoms with Crippen LogP contribution < -0.4 is 15.5 Å². The van der Waals surface area contributed by atoms with E-state index in [9.17, 15) is 0 Å². The molecule has 5 rings (SSSR count). The standard InChI is InChI=1S/C20H25N7OS/c1-2-29-19-16-17(21-13-3-4-13)23-20(24-18(16)25-26-19)22-14-5-7-15(8-6-14)27-9-11-28-12-10-27/h5-8,13H,2-4,9-12H2,1H3,(H3,21,22,23,24,25,26). The highest BCUT2D eigenvalue weighted by Crippen LogP contribution is 2.34. The smallest absolute Gasteiger partial charge is 0.231 e. The minimum atomic E-state index is 0.503. The number of rotatable bonds is 7. The van der Waals surface area contributed by atoms with Crippen molar-refractivity contribution in [1.29, 1.82) is 0 Å². The summed E-state index contributed by atoms with van der Waals surface area (Å²) in [6, 6.07) is 8.89. The molecule has 29 heavy (non-hydrogen) atoms. The zero-order valence-corrected chi connectivity index (χ0v) is 17.3. The molecule has 3 N–H and O–H groups in total. The molecule has 2 aliphatic rings. The molecule has 0 radical (unpaired) electrons. The van der Waals surface area contributed by atoms with Gasteiger partial charge in [-0.15, -0.1) is 11.8 Å². The van der Waals surface area contributed by atoms with Crippen LogP contribution in [0, 0.1) is 0 Å². The van der Waals surface area contributed by atoms with Crippen LogP contribution in [0.3, 0.4) is 0 Å². The van der Waals surface area contributed by atoms with E-state index in [4.69, 9.17) is 9.72 Å². The Morgan fingerprint density at radius 1 is 1.17 bits per heavy atom. The Kier molecular flexibility index (Phi) is 5.15. The van der Waals surface area contributed by atoms with E-state index in [1.165, 1.54) is 18.5 Å². The molecule has 0 amide bonds. The van der Waals surface area contributed by atoms with Crippen LogP contribution in [-0.4, -0.2) is 58.3 Å². The van der Waals surface area contributed by atoms with E-state index in [1.807, 2.05) is 0 Å². The number of nitrogens with zero attached hydrogens (tertiary/aromatic N) is 4. The quantitative estimate of drug-likeness (QED) is 0.508. The summed E-state index contributed by atoms with van der Waals surface area (Å²) in [5, 5.41) is 16.3. The number of morpholine rings is 1. The first-order valence-corrected chi connectivity index (χ1v) is 11.1. The number of aromatic amines is 1. The van der Waals surface area contributed by atoms with Crippen LogP contribution in [0.15, 0.2) is 29.3 Å².